The third kappa shape index (κ3) is 4.46. The van der Waals surface area contributed by atoms with Gasteiger partial charge in [-0.2, -0.15) is 0 Å². The zero-order chi connectivity index (χ0) is 19.3. The fourth-order valence-corrected chi connectivity index (χ4v) is 4.13. The third-order valence-corrected chi connectivity index (χ3v) is 5.69. The van der Waals surface area contributed by atoms with Gasteiger partial charge in [-0.15, -0.1) is 11.3 Å². The predicted molar refractivity (Wildman–Crippen MR) is 116 cm³/mol. The van der Waals surface area contributed by atoms with Crippen molar-refractivity contribution in [3.8, 4) is 0 Å². The smallest absolute Gasteiger partial charge is 0.226 e. The second-order valence-corrected chi connectivity index (χ2v) is 7.91. The Hall–Kier alpha value is -2.98. The number of nitrogens with zero attached hydrogens (tertiary/aromatic N) is 1. The molecule has 1 unspecified atom stereocenters. The number of rotatable bonds is 6. The first kappa shape index (κ1) is 18.4. The molecule has 0 bridgehead atoms. The maximum Gasteiger partial charge on any atom is 0.226 e. The van der Waals surface area contributed by atoms with Crippen LogP contribution >= 0.6 is 11.3 Å². The van der Waals surface area contributed by atoms with Crippen LogP contribution in [0.4, 0.5) is 0 Å². The number of carbonyl (C=O) groups is 1. The first-order valence-electron chi connectivity index (χ1n) is 9.42. The Morgan fingerprint density at radius 2 is 1.75 bits per heavy atom. The molecule has 3 aromatic carbocycles. The van der Waals surface area contributed by atoms with E-state index in [2.05, 4.69) is 52.8 Å². The van der Waals surface area contributed by atoms with Gasteiger partial charge in [0.25, 0.3) is 0 Å². The summed E-state index contributed by atoms with van der Waals surface area (Å²) in [4.78, 5) is 17.1. The van der Waals surface area contributed by atoms with Crippen LogP contribution in [-0.2, 0) is 17.6 Å². The van der Waals surface area contributed by atoms with Gasteiger partial charge in [0.1, 0.15) is 0 Å². The van der Waals surface area contributed by atoms with E-state index in [1.54, 1.807) is 11.3 Å². The molecule has 1 aromatic heterocycles. The highest BCUT2D eigenvalue weighted by Gasteiger charge is 2.13. The van der Waals surface area contributed by atoms with Gasteiger partial charge in [0.05, 0.1) is 23.2 Å². The van der Waals surface area contributed by atoms with E-state index >= 15 is 0 Å². The molecule has 0 fully saturated rings. The summed E-state index contributed by atoms with van der Waals surface area (Å²) in [5, 5.41) is 8.51. The van der Waals surface area contributed by atoms with Crippen LogP contribution < -0.4 is 5.32 Å². The average Bonchev–Trinajstić information content (AvgIpc) is 3.14. The minimum absolute atomic E-state index is 0.00257. The molecule has 0 saturated carbocycles. The van der Waals surface area contributed by atoms with Crippen LogP contribution in [0.15, 0.2) is 78.2 Å². The summed E-state index contributed by atoms with van der Waals surface area (Å²) in [7, 11) is 0. The van der Waals surface area contributed by atoms with Crippen molar-refractivity contribution in [3.63, 3.8) is 0 Å². The van der Waals surface area contributed by atoms with E-state index < -0.39 is 0 Å². The standard InChI is InChI=1S/C24H22N2OS/c1-17(20-12-11-19-9-5-6-10-21(19)14-20)25-23(27)15-22-16-28-24(26-22)13-18-7-3-2-4-8-18/h2-12,14,16-17H,13,15H2,1H3,(H,25,27). The van der Waals surface area contributed by atoms with Gasteiger partial charge in [-0.1, -0.05) is 66.7 Å². The molecule has 0 aliphatic heterocycles. The molecule has 1 N–H and O–H groups in total. The Balaban J connectivity index is 1.37. The molecule has 28 heavy (non-hydrogen) atoms. The van der Waals surface area contributed by atoms with Crippen LogP contribution in [0.25, 0.3) is 10.8 Å². The summed E-state index contributed by atoms with van der Waals surface area (Å²) in [6.07, 6.45) is 1.11. The Labute approximate surface area is 169 Å². The van der Waals surface area contributed by atoms with Crippen molar-refractivity contribution in [1.82, 2.24) is 10.3 Å². The van der Waals surface area contributed by atoms with Gasteiger partial charge < -0.3 is 5.32 Å². The molecule has 0 radical (unpaired) electrons. The fraction of sp³-hybridized carbons (Fsp3) is 0.167. The summed E-state index contributed by atoms with van der Waals surface area (Å²) >= 11 is 1.61. The molecule has 140 valence electrons. The number of aromatic nitrogens is 1. The Bertz CT molecular complexity index is 1090. The van der Waals surface area contributed by atoms with Gasteiger partial charge in [-0.25, -0.2) is 4.98 Å². The van der Waals surface area contributed by atoms with Crippen LogP contribution in [0.1, 0.15) is 34.8 Å². The first-order valence-corrected chi connectivity index (χ1v) is 10.3. The van der Waals surface area contributed by atoms with Crippen molar-refractivity contribution in [2.24, 2.45) is 0 Å². The highest BCUT2D eigenvalue weighted by Crippen LogP contribution is 2.21. The summed E-state index contributed by atoms with van der Waals surface area (Å²) in [5.41, 5.74) is 3.17. The van der Waals surface area contributed by atoms with E-state index in [0.29, 0.717) is 6.42 Å². The number of hydrogen-bond acceptors (Lipinski definition) is 3. The second kappa shape index (κ2) is 8.36. The number of nitrogens with one attached hydrogen (secondary N) is 1. The molecule has 0 spiro atoms. The molecule has 4 heteroatoms. The lowest BCUT2D eigenvalue weighted by molar-refractivity contribution is -0.121. The number of fused-ring (bicyclic) bond motifs is 1. The number of carbonyl (C=O) groups excluding carboxylic acids is 1. The number of amides is 1. The molecule has 0 aliphatic carbocycles. The maximum absolute atomic E-state index is 12.5. The SMILES string of the molecule is CC(NC(=O)Cc1csc(Cc2ccccc2)n1)c1ccc2ccccc2c1. The number of hydrogen-bond donors (Lipinski definition) is 1. The second-order valence-electron chi connectivity index (χ2n) is 6.97. The molecule has 3 nitrogen and oxygen atoms in total. The summed E-state index contributed by atoms with van der Waals surface area (Å²) < 4.78 is 0. The summed E-state index contributed by atoms with van der Waals surface area (Å²) in [5.74, 6) is -0.00257. The van der Waals surface area contributed by atoms with Gasteiger partial charge in [-0.05, 0) is 34.9 Å². The first-order chi connectivity index (χ1) is 13.7. The molecule has 4 rings (SSSR count). The van der Waals surface area contributed by atoms with Gasteiger partial charge >= 0.3 is 0 Å². The highest BCUT2D eigenvalue weighted by atomic mass is 32.1. The monoisotopic (exact) mass is 386 g/mol. The van der Waals surface area contributed by atoms with Crippen molar-refractivity contribution >= 4 is 28.0 Å². The molecular weight excluding hydrogens is 364 g/mol. The minimum atomic E-state index is -0.0421. The molecule has 0 saturated heterocycles. The minimum Gasteiger partial charge on any atom is -0.349 e. The van der Waals surface area contributed by atoms with Crippen LogP contribution in [0, 0.1) is 0 Å². The van der Waals surface area contributed by atoms with E-state index in [1.807, 2.05) is 42.6 Å². The lowest BCUT2D eigenvalue weighted by atomic mass is 10.0. The molecule has 1 heterocycles. The molecule has 4 aromatic rings. The number of benzene rings is 3. The van der Waals surface area contributed by atoms with E-state index in [4.69, 9.17) is 0 Å². The zero-order valence-corrected chi connectivity index (χ0v) is 16.6. The molecule has 0 aliphatic rings. The molecule has 1 amide bonds. The normalized spacial score (nSPS) is 12.0. The van der Waals surface area contributed by atoms with Crippen LogP contribution in [0.5, 0.6) is 0 Å². The van der Waals surface area contributed by atoms with Crippen LogP contribution in [0.2, 0.25) is 0 Å². The van der Waals surface area contributed by atoms with Crippen molar-refractivity contribution < 1.29 is 4.79 Å². The van der Waals surface area contributed by atoms with Crippen LogP contribution in [0.3, 0.4) is 0 Å². The lowest BCUT2D eigenvalue weighted by Gasteiger charge is -2.14. The number of thiazole rings is 1. The van der Waals surface area contributed by atoms with Crippen molar-refractivity contribution in [1.29, 1.82) is 0 Å². The van der Waals surface area contributed by atoms with E-state index in [-0.39, 0.29) is 11.9 Å². The van der Waals surface area contributed by atoms with Gasteiger partial charge in [-0.3, -0.25) is 4.79 Å². The summed E-state index contributed by atoms with van der Waals surface area (Å²) in [6.45, 7) is 2.02. The van der Waals surface area contributed by atoms with Gasteiger partial charge in [0.15, 0.2) is 0 Å². The lowest BCUT2D eigenvalue weighted by Crippen LogP contribution is -2.28. The van der Waals surface area contributed by atoms with E-state index in [9.17, 15) is 4.79 Å². The van der Waals surface area contributed by atoms with Crippen molar-refractivity contribution in [2.45, 2.75) is 25.8 Å². The molecular formula is C24H22N2OS. The average molecular weight is 387 g/mol. The maximum atomic E-state index is 12.5. The van der Waals surface area contributed by atoms with E-state index in [1.165, 1.54) is 16.3 Å². The topological polar surface area (TPSA) is 42.0 Å². The summed E-state index contributed by atoms with van der Waals surface area (Å²) in [6, 6.07) is 24.8. The fourth-order valence-electron chi connectivity index (χ4n) is 3.30. The Morgan fingerprint density at radius 3 is 2.57 bits per heavy atom. The molecule has 1 atom stereocenters. The van der Waals surface area contributed by atoms with Crippen molar-refractivity contribution in [3.05, 3.63) is 100 Å². The highest BCUT2D eigenvalue weighted by molar-refractivity contribution is 7.09. The van der Waals surface area contributed by atoms with Crippen LogP contribution in [-0.4, -0.2) is 10.9 Å². The zero-order valence-electron chi connectivity index (χ0n) is 15.8. The largest absolute Gasteiger partial charge is 0.349 e. The van der Waals surface area contributed by atoms with Crippen molar-refractivity contribution in [2.75, 3.05) is 0 Å². The van der Waals surface area contributed by atoms with Gasteiger partial charge in [0, 0.05) is 11.8 Å². The van der Waals surface area contributed by atoms with Gasteiger partial charge in [0.2, 0.25) is 5.91 Å². The predicted octanol–water partition coefficient (Wildman–Crippen LogP) is 5.31. The Morgan fingerprint density at radius 1 is 1.00 bits per heavy atom. The third-order valence-electron chi connectivity index (χ3n) is 4.79. The quantitative estimate of drug-likeness (QED) is 0.488. The Kier molecular flexibility index (Phi) is 5.49. The van der Waals surface area contributed by atoms with E-state index in [0.717, 1.165) is 22.7 Å².